The normalized spacial score (nSPS) is 16.2. The fourth-order valence-electron chi connectivity index (χ4n) is 5.29. The SMILES string of the molecule is Nc1ccc2c(c1)C(=O)C(=NNc1ccc(-c3ccc(NN=C4C(=O)c5c(N)cc(S(=O)(=O)O)cc5C=C4S(=O)(=O)O)cc3)cc1)C(S(=O)(=O)O)=C2. The average molecular weight is 765 g/mol. The Morgan fingerprint density at radius 1 is 0.558 bits per heavy atom. The molecule has 0 saturated heterocycles. The van der Waals surface area contributed by atoms with Crippen molar-refractivity contribution in [1.29, 1.82) is 0 Å². The van der Waals surface area contributed by atoms with Gasteiger partial charge in [0, 0.05) is 16.9 Å². The summed E-state index contributed by atoms with van der Waals surface area (Å²) in [6.45, 7) is 0. The van der Waals surface area contributed by atoms with Gasteiger partial charge in [-0.1, -0.05) is 30.3 Å². The van der Waals surface area contributed by atoms with Crippen LogP contribution in [0.3, 0.4) is 0 Å². The molecule has 0 bridgehead atoms. The number of nitrogens with two attached hydrogens (primary N) is 2. The first-order valence-electron chi connectivity index (χ1n) is 14.5. The molecule has 4 aromatic rings. The molecule has 266 valence electrons. The van der Waals surface area contributed by atoms with Crippen LogP contribution < -0.4 is 22.3 Å². The third-order valence-electron chi connectivity index (χ3n) is 7.74. The summed E-state index contributed by atoms with van der Waals surface area (Å²) < 4.78 is 101. The molecule has 0 amide bonds. The summed E-state index contributed by atoms with van der Waals surface area (Å²) in [6.07, 6.45) is 1.92. The minimum Gasteiger partial charge on any atom is -0.399 e. The molecule has 52 heavy (non-hydrogen) atoms. The molecule has 6 rings (SSSR count). The van der Waals surface area contributed by atoms with Crippen molar-refractivity contribution in [3.8, 4) is 11.1 Å². The first-order chi connectivity index (χ1) is 24.3. The Morgan fingerprint density at radius 3 is 1.52 bits per heavy atom. The number of allylic oxidation sites excluding steroid dienone is 2. The highest BCUT2D eigenvalue weighted by Crippen LogP contribution is 2.33. The Balaban J connectivity index is 1.21. The van der Waals surface area contributed by atoms with Crippen molar-refractivity contribution < 1.29 is 48.5 Å². The molecule has 4 aromatic carbocycles. The van der Waals surface area contributed by atoms with Gasteiger partial charge in [0.2, 0.25) is 11.6 Å². The maximum absolute atomic E-state index is 13.3. The van der Waals surface area contributed by atoms with Crippen LogP contribution in [0.2, 0.25) is 0 Å². The molecule has 0 unspecified atom stereocenters. The number of fused-ring (bicyclic) bond motifs is 2. The zero-order valence-corrected chi connectivity index (χ0v) is 28.5. The maximum atomic E-state index is 13.3. The predicted molar refractivity (Wildman–Crippen MR) is 193 cm³/mol. The van der Waals surface area contributed by atoms with Crippen LogP contribution in [-0.4, -0.2) is 61.9 Å². The first-order valence-corrected chi connectivity index (χ1v) is 18.8. The molecule has 17 nitrogen and oxygen atoms in total. The fraction of sp³-hybridized carbons (Fsp3) is 0. The Bertz CT molecular complexity index is 2690. The molecule has 0 fully saturated rings. The number of anilines is 4. The Hall–Kier alpha value is -6.03. The van der Waals surface area contributed by atoms with E-state index in [2.05, 4.69) is 21.1 Å². The lowest BCUT2D eigenvalue weighted by Gasteiger charge is -2.18. The van der Waals surface area contributed by atoms with E-state index in [4.69, 9.17) is 11.5 Å². The van der Waals surface area contributed by atoms with Gasteiger partial charge in [-0.05, 0) is 82.9 Å². The van der Waals surface area contributed by atoms with Crippen molar-refractivity contribution >= 4 is 88.2 Å². The van der Waals surface area contributed by atoms with Crippen LogP contribution in [-0.2, 0) is 30.4 Å². The average Bonchev–Trinajstić information content (AvgIpc) is 3.06. The molecule has 20 heteroatoms. The second kappa shape index (κ2) is 12.9. The van der Waals surface area contributed by atoms with E-state index in [0.29, 0.717) is 16.8 Å². The number of carbonyl (C=O) groups excluding carboxylic acids is 2. The summed E-state index contributed by atoms with van der Waals surface area (Å²) in [6, 6.07) is 18.9. The predicted octanol–water partition coefficient (Wildman–Crippen LogP) is 3.55. The van der Waals surface area contributed by atoms with Crippen LogP contribution >= 0.6 is 0 Å². The van der Waals surface area contributed by atoms with Gasteiger partial charge in [0.25, 0.3) is 30.4 Å². The first kappa shape index (κ1) is 35.8. The number of nitrogen functional groups attached to an aromatic ring is 2. The van der Waals surface area contributed by atoms with E-state index in [0.717, 1.165) is 24.3 Å². The zero-order chi connectivity index (χ0) is 37.7. The van der Waals surface area contributed by atoms with E-state index in [1.807, 2.05) is 0 Å². The summed E-state index contributed by atoms with van der Waals surface area (Å²) >= 11 is 0. The van der Waals surface area contributed by atoms with Crippen LogP contribution in [0.4, 0.5) is 22.7 Å². The second-order valence-electron chi connectivity index (χ2n) is 11.2. The molecule has 2 aliphatic rings. The number of ketones is 2. The van der Waals surface area contributed by atoms with E-state index in [1.54, 1.807) is 48.5 Å². The van der Waals surface area contributed by atoms with Crippen molar-refractivity contribution in [3.05, 3.63) is 111 Å². The third kappa shape index (κ3) is 7.10. The van der Waals surface area contributed by atoms with Crippen molar-refractivity contribution in [2.24, 2.45) is 10.2 Å². The minimum absolute atomic E-state index is 0.111. The van der Waals surface area contributed by atoms with Crippen molar-refractivity contribution in [2.75, 3.05) is 22.3 Å². The van der Waals surface area contributed by atoms with Crippen LogP contribution in [0.5, 0.6) is 0 Å². The highest BCUT2D eigenvalue weighted by molar-refractivity contribution is 7.91. The Kier molecular flexibility index (Phi) is 8.90. The summed E-state index contributed by atoms with van der Waals surface area (Å²) in [4.78, 5) is 24.0. The van der Waals surface area contributed by atoms with Crippen molar-refractivity contribution in [2.45, 2.75) is 4.90 Å². The monoisotopic (exact) mass is 764 g/mol. The number of hydrogen-bond acceptors (Lipinski definition) is 14. The van der Waals surface area contributed by atoms with E-state index >= 15 is 0 Å². The topological polar surface area (TPSA) is 298 Å². The lowest BCUT2D eigenvalue weighted by Crippen LogP contribution is -2.28. The van der Waals surface area contributed by atoms with Gasteiger partial charge in [-0.25, -0.2) is 0 Å². The van der Waals surface area contributed by atoms with Crippen LogP contribution in [0.25, 0.3) is 23.3 Å². The Labute approximate surface area is 295 Å². The lowest BCUT2D eigenvalue weighted by molar-refractivity contribution is 0.105. The van der Waals surface area contributed by atoms with Crippen LogP contribution in [0.1, 0.15) is 31.8 Å². The van der Waals surface area contributed by atoms with Crippen molar-refractivity contribution in [1.82, 2.24) is 0 Å². The summed E-state index contributed by atoms with van der Waals surface area (Å²) in [5.41, 5.74) is 17.2. The number of nitrogens with one attached hydrogen (secondary N) is 2. The standard InChI is InChI=1S/C32H24N6O11S3/c33-20-6-1-18-12-26(51(44,45)46)29(31(39)24(18)14-20)37-35-21-7-2-16(3-8-21)17-4-9-22(10-5-17)36-38-30-27(52(47,48)49)13-19-11-23(50(41,42)43)15-25(34)28(19)32(30)40/h1-15,35-36H,33-34H2,(H,41,42,43)(H,44,45,46)(H,47,48,49). The largest absolute Gasteiger partial charge is 0.399 e. The highest BCUT2D eigenvalue weighted by atomic mass is 32.2. The fourth-order valence-corrected chi connectivity index (χ4v) is 7.16. The molecule has 0 heterocycles. The number of carbonyl (C=O) groups is 2. The quantitative estimate of drug-likeness (QED) is 0.0767. The van der Waals surface area contributed by atoms with E-state index in [-0.39, 0.29) is 39.3 Å². The molecule has 0 radical (unpaired) electrons. The van der Waals surface area contributed by atoms with Gasteiger partial charge in [-0.2, -0.15) is 35.5 Å². The number of Topliss-reactive ketones (excluding diaryl/α,β-unsaturated/α-hetero) is 2. The Morgan fingerprint density at radius 2 is 1.04 bits per heavy atom. The zero-order valence-electron chi connectivity index (χ0n) is 26.0. The maximum Gasteiger partial charge on any atom is 0.296 e. The molecular weight excluding hydrogens is 741 g/mol. The number of hydrogen-bond donors (Lipinski definition) is 7. The highest BCUT2D eigenvalue weighted by Gasteiger charge is 2.35. The number of hydrazone groups is 2. The summed E-state index contributed by atoms with van der Waals surface area (Å²) in [5.74, 6) is -1.80. The number of benzene rings is 4. The molecular formula is C32H24N6O11S3. The molecule has 9 N–H and O–H groups in total. The second-order valence-corrected chi connectivity index (χ2v) is 15.4. The van der Waals surface area contributed by atoms with Crippen LogP contribution in [0, 0.1) is 0 Å². The van der Waals surface area contributed by atoms with Crippen molar-refractivity contribution in [3.63, 3.8) is 0 Å². The summed E-state index contributed by atoms with van der Waals surface area (Å²) in [5, 5.41) is 7.85. The molecule has 0 atom stereocenters. The van der Waals surface area contributed by atoms with Crippen LogP contribution in [0.15, 0.2) is 104 Å². The number of rotatable bonds is 8. The minimum atomic E-state index is -5.06. The molecule has 0 aromatic heterocycles. The van der Waals surface area contributed by atoms with E-state index in [9.17, 15) is 48.5 Å². The van der Waals surface area contributed by atoms with Gasteiger partial charge >= 0.3 is 0 Å². The molecule has 0 spiro atoms. The number of nitrogens with zero attached hydrogens (tertiary/aromatic N) is 2. The van der Waals surface area contributed by atoms with Gasteiger partial charge in [0.15, 0.2) is 11.4 Å². The van der Waals surface area contributed by atoms with Gasteiger partial charge in [-0.15, -0.1) is 0 Å². The van der Waals surface area contributed by atoms with Gasteiger partial charge in [0.1, 0.15) is 9.81 Å². The lowest BCUT2D eigenvalue weighted by atomic mass is 9.93. The van der Waals surface area contributed by atoms with Gasteiger partial charge < -0.3 is 11.5 Å². The third-order valence-corrected chi connectivity index (χ3v) is 10.3. The van der Waals surface area contributed by atoms with Gasteiger partial charge in [-0.3, -0.25) is 34.1 Å². The van der Waals surface area contributed by atoms with E-state index < -0.39 is 68.0 Å². The smallest absolute Gasteiger partial charge is 0.296 e. The van der Waals surface area contributed by atoms with E-state index in [1.165, 1.54) is 18.2 Å². The summed E-state index contributed by atoms with van der Waals surface area (Å²) in [7, 11) is -14.6. The molecule has 0 aliphatic heterocycles. The molecule has 2 aliphatic carbocycles. The molecule has 0 saturated carbocycles. The van der Waals surface area contributed by atoms with Gasteiger partial charge in [0.05, 0.1) is 21.8 Å².